The van der Waals surface area contributed by atoms with Crippen LogP contribution in [0.3, 0.4) is 0 Å². The highest BCUT2D eigenvalue weighted by molar-refractivity contribution is 7.90. The van der Waals surface area contributed by atoms with Crippen LogP contribution in [-0.2, 0) is 20.2 Å². The zero-order chi connectivity index (χ0) is 14.4. The zero-order valence-corrected chi connectivity index (χ0v) is 11.5. The second-order valence-corrected chi connectivity index (χ2v) is 6.85. The Labute approximate surface area is 115 Å². The van der Waals surface area contributed by atoms with Gasteiger partial charge in [-0.05, 0) is 24.3 Å². The van der Waals surface area contributed by atoms with Gasteiger partial charge in [0.2, 0.25) is 0 Å². The topological polar surface area (TPSA) is 94.3 Å². The lowest BCUT2D eigenvalue weighted by atomic mass is 9.99. The van der Waals surface area contributed by atoms with Gasteiger partial charge in [0, 0.05) is 6.26 Å². The largest absolute Gasteiger partial charge is 0.379 e. The summed E-state index contributed by atoms with van der Waals surface area (Å²) in [6, 6.07) is 6.28. The van der Waals surface area contributed by atoms with Crippen molar-refractivity contribution in [2.24, 2.45) is 0 Å². The van der Waals surface area contributed by atoms with Crippen molar-refractivity contribution in [2.75, 3.05) is 19.5 Å². The first-order chi connectivity index (χ1) is 9.38. The van der Waals surface area contributed by atoms with E-state index in [4.69, 9.17) is 4.74 Å². The molecule has 0 atom stereocenters. The number of ether oxygens (including phenoxy) is 1. The van der Waals surface area contributed by atoms with Crippen LogP contribution in [0.15, 0.2) is 35.4 Å². The van der Waals surface area contributed by atoms with Crippen molar-refractivity contribution in [3.8, 4) is 5.69 Å². The molecule has 0 spiro atoms. The van der Waals surface area contributed by atoms with Crippen LogP contribution in [-0.4, -0.2) is 48.0 Å². The first-order valence-electron chi connectivity index (χ1n) is 5.92. The SMILES string of the molecule is CS(=O)(=O)c1ccc(-n2cc(C3(O)COC3)nn2)cc1. The fourth-order valence-electron chi connectivity index (χ4n) is 1.89. The Hall–Kier alpha value is -1.77. The molecule has 3 rings (SSSR count). The van der Waals surface area contributed by atoms with Crippen LogP contribution in [0.1, 0.15) is 5.69 Å². The van der Waals surface area contributed by atoms with Crippen LogP contribution < -0.4 is 0 Å². The van der Waals surface area contributed by atoms with E-state index in [-0.39, 0.29) is 18.1 Å². The molecule has 7 nitrogen and oxygen atoms in total. The van der Waals surface area contributed by atoms with Crippen LogP contribution in [0.2, 0.25) is 0 Å². The van der Waals surface area contributed by atoms with E-state index in [2.05, 4.69) is 10.3 Å². The van der Waals surface area contributed by atoms with Crippen molar-refractivity contribution in [1.82, 2.24) is 15.0 Å². The molecule has 1 saturated heterocycles. The molecule has 0 unspecified atom stereocenters. The van der Waals surface area contributed by atoms with Crippen molar-refractivity contribution in [3.05, 3.63) is 36.2 Å². The van der Waals surface area contributed by atoms with Crippen LogP contribution in [0.25, 0.3) is 5.69 Å². The van der Waals surface area contributed by atoms with E-state index in [0.717, 1.165) is 6.26 Å². The van der Waals surface area contributed by atoms with Gasteiger partial charge in [0.1, 0.15) is 5.69 Å². The molecule has 2 heterocycles. The second kappa shape index (κ2) is 4.37. The van der Waals surface area contributed by atoms with Crippen LogP contribution >= 0.6 is 0 Å². The Morgan fingerprint density at radius 1 is 1.30 bits per heavy atom. The van der Waals surface area contributed by atoms with E-state index < -0.39 is 15.4 Å². The fraction of sp³-hybridized carbons (Fsp3) is 0.333. The molecule has 0 amide bonds. The average Bonchev–Trinajstić information content (AvgIpc) is 2.85. The maximum atomic E-state index is 11.4. The minimum Gasteiger partial charge on any atom is -0.379 e. The minimum absolute atomic E-state index is 0.207. The highest BCUT2D eigenvalue weighted by Crippen LogP contribution is 2.27. The lowest BCUT2D eigenvalue weighted by molar-refractivity contribution is -0.186. The summed E-state index contributed by atoms with van der Waals surface area (Å²) in [4.78, 5) is 0.243. The molecule has 0 bridgehead atoms. The van der Waals surface area contributed by atoms with Crippen molar-refractivity contribution < 1.29 is 18.3 Å². The smallest absolute Gasteiger partial charge is 0.175 e. The predicted octanol–water partition coefficient (Wildman–Crippen LogP) is -0.111. The van der Waals surface area contributed by atoms with Gasteiger partial charge >= 0.3 is 0 Å². The number of hydrogen-bond acceptors (Lipinski definition) is 6. The summed E-state index contributed by atoms with van der Waals surface area (Å²) in [7, 11) is -3.22. The van der Waals surface area contributed by atoms with Gasteiger partial charge in [0.15, 0.2) is 15.4 Å². The number of nitrogens with zero attached hydrogens (tertiary/aromatic N) is 3. The maximum Gasteiger partial charge on any atom is 0.175 e. The molecule has 1 N–H and O–H groups in total. The van der Waals surface area contributed by atoms with E-state index in [9.17, 15) is 13.5 Å². The number of aromatic nitrogens is 3. The zero-order valence-electron chi connectivity index (χ0n) is 10.7. The Morgan fingerprint density at radius 2 is 1.95 bits per heavy atom. The molecule has 0 radical (unpaired) electrons. The highest BCUT2D eigenvalue weighted by Gasteiger charge is 2.40. The van der Waals surface area contributed by atoms with Gasteiger partial charge in [0.25, 0.3) is 0 Å². The Bertz CT molecular complexity index is 732. The van der Waals surface area contributed by atoms with Crippen LogP contribution in [0.5, 0.6) is 0 Å². The average molecular weight is 295 g/mol. The molecule has 20 heavy (non-hydrogen) atoms. The molecule has 1 aliphatic heterocycles. The number of sulfone groups is 1. The normalized spacial score (nSPS) is 17.7. The third-order valence-corrected chi connectivity index (χ3v) is 4.31. The van der Waals surface area contributed by atoms with Gasteiger partial charge in [-0.1, -0.05) is 5.21 Å². The summed E-state index contributed by atoms with van der Waals surface area (Å²) in [6.07, 6.45) is 2.76. The fourth-order valence-corrected chi connectivity index (χ4v) is 2.52. The molecular formula is C12H13N3O4S. The van der Waals surface area contributed by atoms with E-state index in [0.29, 0.717) is 11.4 Å². The van der Waals surface area contributed by atoms with Gasteiger partial charge in [-0.25, -0.2) is 13.1 Å². The van der Waals surface area contributed by atoms with Gasteiger partial charge in [-0.2, -0.15) is 0 Å². The first-order valence-corrected chi connectivity index (χ1v) is 7.81. The van der Waals surface area contributed by atoms with Crippen molar-refractivity contribution in [3.63, 3.8) is 0 Å². The molecule has 1 fully saturated rings. The maximum absolute atomic E-state index is 11.4. The molecule has 0 aliphatic carbocycles. The Kier molecular flexibility index (Phi) is 2.89. The highest BCUT2D eigenvalue weighted by atomic mass is 32.2. The molecule has 1 aromatic carbocycles. The standard InChI is InChI=1S/C12H13N3O4S/c1-20(17,18)10-4-2-9(3-5-10)15-6-11(13-14-15)12(16)7-19-8-12/h2-6,16H,7-8H2,1H3. The molecular weight excluding hydrogens is 282 g/mol. The molecule has 1 aliphatic rings. The monoisotopic (exact) mass is 295 g/mol. The molecule has 8 heteroatoms. The summed E-state index contributed by atoms with van der Waals surface area (Å²) in [5.74, 6) is 0. The summed E-state index contributed by atoms with van der Waals surface area (Å²) in [5, 5.41) is 17.9. The van der Waals surface area contributed by atoms with Crippen LogP contribution in [0.4, 0.5) is 0 Å². The number of hydrogen-bond donors (Lipinski definition) is 1. The van der Waals surface area contributed by atoms with Gasteiger partial charge < -0.3 is 9.84 Å². The lowest BCUT2D eigenvalue weighted by Crippen LogP contribution is -2.46. The van der Waals surface area contributed by atoms with Gasteiger partial charge in [-0.3, -0.25) is 0 Å². The lowest BCUT2D eigenvalue weighted by Gasteiger charge is -2.34. The van der Waals surface area contributed by atoms with Gasteiger partial charge in [0.05, 0.1) is 30.0 Å². The number of rotatable bonds is 3. The Balaban J connectivity index is 1.90. The van der Waals surface area contributed by atoms with E-state index >= 15 is 0 Å². The second-order valence-electron chi connectivity index (χ2n) is 4.84. The van der Waals surface area contributed by atoms with Crippen molar-refractivity contribution in [1.29, 1.82) is 0 Å². The van der Waals surface area contributed by atoms with Crippen LogP contribution in [0, 0.1) is 0 Å². The van der Waals surface area contributed by atoms with E-state index in [1.807, 2.05) is 0 Å². The molecule has 106 valence electrons. The predicted molar refractivity (Wildman–Crippen MR) is 69.2 cm³/mol. The quantitative estimate of drug-likeness (QED) is 0.849. The van der Waals surface area contributed by atoms with Crippen molar-refractivity contribution in [2.45, 2.75) is 10.5 Å². The molecule has 1 aromatic heterocycles. The summed E-state index contributed by atoms with van der Waals surface area (Å²) in [6.45, 7) is 0.414. The number of aliphatic hydroxyl groups is 1. The summed E-state index contributed by atoms with van der Waals surface area (Å²) >= 11 is 0. The first kappa shape index (κ1) is 13.2. The van der Waals surface area contributed by atoms with E-state index in [1.54, 1.807) is 18.3 Å². The molecule has 2 aromatic rings. The summed E-state index contributed by atoms with van der Waals surface area (Å²) in [5.41, 5.74) is 0.0428. The third kappa shape index (κ3) is 2.21. The van der Waals surface area contributed by atoms with E-state index in [1.165, 1.54) is 16.8 Å². The van der Waals surface area contributed by atoms with Gasteiger partial charge in [-0.15, -0.1) is 5.10 Å². The molecule has 0 saturated carbocycles. The Morgan fingerprint density at radius 3 is 2.45 bits per heavy atom. The minimum atomic E-state index is -3.22. The van der Waals surface area contributed by atoms with Crippen molar-refractivity contribution >= 4 is 9.84 Å². The number of benzene rings is 1. The summed E-state index contributed by atoms with van der Waals surface area (Å²) < 4.78 is 29.2. The third-order valence-electron chi connectivity index (χ3n) is 3.18.